The van der Waals surface area contributed by atoms with E-state index in [1.165, 1.54) is 53.2 Å². The first-order valence-corrected chi connectivity index (χ1v) is 21.5. The molecule has 0 spiro atoms. The molecule has 0 fully saturated rings. The van der Waals surface area contributed by atoms with Crippen molar-refractivity contribution >= 4 is 44.8 Å². The minimum absolute atomic E-state index is 0. The van der Waals surface area contributed by atoms with Crippen molar-refractivity contribution in [2.45, 2.75) is 39.4 Å². The molecule has 0 aliphatic heterocycles. The Labute approximate surface area is 320 Å². The van der Waals surface area contributed by atoms with Crippen LogP contribution in [0.1, 0.15) is 25.3 Å². The SMILES string of the molecule is CC(C)c1ccnc(-c2[c-]ccc3c2sc2c(-c4ccccc4)cccc23)c1.C[Si](C)(C)c1ccc(-c2[c-]ccc(-c3ccccc3)c2)nc1.[Ir]. The van der Waals surface area contributed by atoms with Crippen molar-refractivity contribution in [3.63, 3.8) is 0 Å². The zero-order chi connectivity index (χ0) is 34.7. The van der Waals surface area contributed by atoms with Crippen molar-refractivity contribution in [2.75, 3.05) is 0 Å². The molecular weight excluding hydrogens is 833 g/mol. The van der Waals surface area contributed by atoms with E-state index in [9.17, 15) is 0 Å². The minimum Gasteiger partial charge on any atom is -0.305 e. The third-order valence-corrected chi connectivity index (χ3v) is 12.4. The molecule has 51 heavy (non-hydrogen) atoms. The molecule has 8 rings (SSSR count). The molecule has 8 aromatic rings. The van der Waals surface area contributed by atoms with E-state index < -0.39 is 8.07 Å². The number of rotatable bonds is 6. The van der Waals surface area contributed by atoms with Crippen LogP contribution in [0.4, 0.5) is 0 Å². The summed E-state index contributed by atoms with van der Waals surface area (Å²) in [4.78, 5) is 9.32. The number of aromatic nitrogens is 2. The van der Waals surface area contributed by atoms with E-state index in [2.05, 4.69) is 171 Å². The van der Waals surface area contributed by atoms with E-state index in [1.807, 2.05) is 41.9 Å². The molecule has 3 aromatic heterocycles. The first-order chi connectivity index (χ1) is 24.3. The molecule has 0 aliphatic carbocycles. The molecule has 255 valence electrons. The molecule has 0 atom stereocenters. The van der Waals surface area contributed by atoms with Crippen LogP contribution in [0.5, 0.6) is 0 Å². The molecule has 0 saturated carbocycles. The second kappa shape index (κ2) is 15.8. The summed E-state index contributed by atoms with van der Waals surface area (Å²) in [7, 11) is -1.29. The summed E-state index contributed by atoms with van der Waals surface area (Å²) in [5, 5.41) is 3.97. The standard InChI is InChI=1S/C26H20NS.C20H20NSi.Ir/c1-17(2)19-14-15-27-24(16-19)23-13-7-12-22-21-11-6-10-20(25(21)28-26(22)23)18-8-4-3-5-9-18;1-22(2,3)19-12-13-20(21-15-19)18-11-7-10-17(14-18)16-8-5-4-6-9-16;/h3-12,14-17H,1-2H3;4-10,12-15H,1-3H3;/q2*-1;. The molecule has 0 saturated heterocycles. The first kappa shape index (κ1) is 36.3. The molecule has 1 radical (unpaired) electrons. The van der Waals surface area contributed by atoms with Gasteiger partial charge in [0.1, 0.15) is 0 Å². The average Bonchev–Trinajstić information content (AvgIpc) is 3.55. The number of pyridine rings is 2. The summed E-state index contributed by atoms with van der Waals surface area (Å²) in [6.07, 6.45) is 3.95. The first-order valence-electron chi connectivity index (χ1n) is 17.2. The van der Waals surface area contributed by atoms with Crippen LogP contribution in [0.25, 0.3) is 64.9 Å². The maximum absolute atomic E-state index is 4.67. The van der Waals surface area contributed by atoms with E-state index >= 15 is 0 Å². The Kier molecular flexibility index (Phi) is 11.2. The predicted molar refractivity (Wildman–Crippen MR) is 218 cm³/mol. The topological polar surface area (TPSA) is 25.8 Å². The Hall–Kier alpha value is -4.51. The van der Waals surface area contributed by atoms with Crippen LogP contribution in [0, 0.1) is 12.1 Å². The normalized spacial score (nSPS) is 11.3. The fourth-order valence-corrected chi connectivity index (χ4v) is 8.54. The smallest absolute Gasteiger partial charge is 0.0795 e. The van der Waals surface area contributed by atoms with Gasteiger partial charge in [-0.2, -0.15) is 11.3 Å². The molecule has 0 bridgehead atoms. The Balaban J connectivity index is 0.000000178. The fraction of sp³-hybridized carbons (Fsp3) is 0.130. The monoisotopic (exact) mass is 873 g/mol. The molecule has 2 nitrogen and oxygen atoms in total. The van der Waals surface area contributed by atoms with E-state index in [4.69, 9.17) is 0 Å². The van der Waals surface area contributed by atoms with Crippen molar-refractivity contribution in [1.82, 2.24) is 9.97 Å². The van der Waals surface area contributed by atoms with Gasteiger partial charge < -0.3 is 9.97 Å². The van der Waals surface area contributed by atoms with E-state index in [1.54, 1.807) is 0 Å². The summed E-state index contributed by atoms with van der Waals surface area (Å²) in [6, 6.07) is 53.5. The maximum atomic E-state index is 4.67. The van der Waals surface area contributed by atoms with Gasteiger partial charge in [-0.25, -0.2) is 0 Å². The quantitative estimate of drug-likeness (QED) is 0.123. The number of nitrogens with zero attached hydrogens (tertiary/aromatic N) is 2. The van der Waals surface area contributed by atoms with E-state index in [-0.39, 0.29) is 20.1 Å². The molecule has 5 heteroatoms. The van der Waals surface area contributed by atoms with Crippen LogP contribution in [-0.2, 0) is 20.1 Å². The van der Waals surface area contributed by atoms with Crippen LogP contribution in [-0.4, -0.2) is 18.0 Å². The largest absolute Gasteiger partial charge is 0.305 e. The van der Waals surface area contributed by atoms with Gasteiger partial charge in [0.15, 0.2) is 0 Å². The van der Waals surface area contributed by atoms with Crippen LogP contribution in [0.15, 0.2) is 146 Å². The van der Waals surface area contributed by atoms with Gasteiger partial charge in [0, 0.05) is 37.2 Å². The third-order valence-electron chi connectivity index (χ3n) is 9.06. The Morgan fingerprint density at radius 3 is 2.00 bits per heavy atom. The fourth-order valence-electron chi connectivity index (χ4n) is 6.16. The van der Waals surface area contributed by atoms with Gasteiger partial charge in [-0.15, -0.1) is 59.2 Å². The van der Waals surface area contributed by atoms with E-state index in [0.717, 1.165) is 22.5 Å². The van der Waals surface area contributed by atoms with Gasteiger partial charge in [-0.3, -0.25) is 0 Å². The number of benzene rings is 5. The number of thiophene rings is 1. The molecular formula is C46H40IrN2SSi-2. The molecule has 5 aromatic carbocycles. The minimum atomic E-state index is -1.29. The molecule has 3 heterocycles. The molecule has 0 N–H and O–H groups in total. The van der Waals surface area contributed by atoms with Gasteiger partial charge in [-0.1, -0.05) is 142 Å². The van der Waals surface area contributed by atoms with Crippen LogP contribution in [0.2, 0.25) is 19.6 Å². The van der Waals surface area contributed by atoms with Crippen molar-refractivity contribution in [3.8, 4) is 44.8 Å². The van der Waals surface area contributed by atoms with E-state index in [0.29, 0.717) is 5.92 Å². The summed E-state index contributed by atoms with van der Waals surface area (Å²) in [6.45, 7) is 11.5. The predicted octanol–water partition coefficient (Wildman–Crippen LogP) is 12.5. The second-order valence-corrected chi connectivity index (χ2v) is 20.0. The summed E-state index contributed by atoms with van der Waals surface area (Å²) < 4.78 is 2.58. The Morgan fingerprint density at radius 2 is 1.31 bits per heavy atom. The van der Waals surface area contributed by atoms with Crippen molar-refractivity contribution in [1.29, 1.82) is 0 Å². The van der Waals surface area contributed by atoms with Gasteiger partial charge in [0.05, 0.1) is 8.07 Å². The maximum Gasteiger partial charge on any atom is 0.0795 e. The van der Waals surface area contributed by atoms with Gasteiger partial charge in [0.25, 0.3) is 0 Å². The molecule has 0 aliphatic rings. The summed E-state index contributed by atoms with van der Waals surface area (Å²) in [5.74, 6) is 0.480. The zero-order valence-corrected chi connectivity index (χ0v) is 33.8. The number of hydrogen-bond acceptors (Lipinski definition) is 3. The number of fused-ring (bicyclic) bond motifs is 3. The Morgan fingerprint density at radius 1 is 0.608 bits per heavy atom. The Bertz CT molecular complexity index is 2380. The van der Waals surface area contributed by atoms with Crippen LogP contribution in [0.3, 0.4) is 0 Å². The van der Waals surface area contributed by atoms with Crippen molar-refractivity contribution in [3.05, 3.63) is 164 Å². The van der Waals surface area contributed by atoms with Crippen molar-refractivity contribution in [2.24, 2.45) is 0 Å². The second-order valence-electron chi connectivity index (χ2n) is 13.9. The summed E-state index contributed by atoms with van der Waals surface area (Å²) >= 11 is 1.85. The van der Waals surface area contributed by atoms with Gasteiger partial charge in [0.2, 0.25) is 0 Å². The van der Waals surface area contributed by atoms with Crippen LogP contribution < -0.4 is 5.19 Å². The average molecular weight is 873 g/mol. The summed E-state index contributed by atoms with van der Waals surface area (Å²) in [5.41, 5.74) is 10.4. The zero-order valence-electron chi connectivity index (χ0n) is 29.6. The molecule has 0 unspecified atom stereocenters. The van der Waals surface area contributed by atoms with Crippen LogP contribution >= 0.6 is 11.3 Å². The molecule has 0 amide bonds. The van der Waals surface area contributed by atoms with Crippen molar-refractivity contribution < 1.29 is 20.1 Å². The third kappa shape index (κ3) is 8.03. The van der Waals surface area contributed by atoms with Gasteiger partial charge in [-0.05, 0) is 55.3 Å². The number of hydrogen-bond donors (Lipinski definition) is 0. The van der Waals surface area contributed by atoms with Gasteiger partial charge >= 0.3 is 0 Å².